The average Bonchev–Trinajstić information content (AvgIpc) is 2.86. The Morgan fingerprint density at radius 1 is 1.40 bits per heavy atom. The van der Waals surface area contributed by atoms with Crippen LogP contribution < -0.4 is 5.69 Å². The molecule has 0 aliphatic heterocycles. The first-order valence-electron chi connectivity index (χ1n) is 5.54. The van der Waals surface area contributed by atoms with Crippen molar-refractivity contribution in [3.63, 3.8) is 0 Å². The van der Waals surface area contributed by atoms with E-state index in [0.717, 1.165) is 12.4 Å². The number of aryl methyl sites for hydroxylation is 1. The lowest BCUT2D eigenvalue weighted by atomic mass is 9.95. The molecule has 15 heavy (non-hydrogen) atoms. The molecule has 4 nitrogen and oxygen atoms in total. The van der Waals surface area contributed by atoms with Gasteiger partial charge in [0.15, 0.2) is 0 Å². The molecule has 0 atom stereocenters. The number of hydrogen-bond acceptors (Lipinski definition) is 2. The van der Waals surface area contributed by atoms with Gasteiger partial charge in [0.2, 0.25) is 0 Å². The topological polar surface area (TPSA) is 39.8 Å². The standard InChI is InChI=1S/C11H19N3O/c1-11(2,3)9-12-13(4)10(15)14(9)7-8-5-6-8/h8H,5-7H2,1-4H3. The van der Waals surface area contributed by atoms with Gasteiger partial charge < -0.3 is 0 Å². The molecule has 1 aliphatic carbocycles. The second-order valence-corrected chi connectivity index (χ2v) is 5.53. The van der Waals surface area contributed by atoms with Crippen LogP contribution in [0.5, 0.6) is 0 Å². The van der Waals surface area contributed by atoms with Crippen LogP contribution in [0.15, 0.2) is 4.79 Å². The summed E-state index contributed by atoms with van der Waals surface area (Å²) in [5, 5.41) is 4.33. The molecule has 84 valence electrons. The molecule has 4 heteroatoms. The van der Waals surface area contributed by atoms with Crippen molar-refractivity contribution in [3.8, 4) is 0 Å². The highest BCUT2D eigenvalue weighted by atomic mass is 16.2. The monoisotopic (exact) mass is 209 g/mol. The van der Waals surface area contributed by atoms with Crippen molar-refractivity contribution in [2.24, 2.45) is 13.0 Å². The third-order valence-corrected chi connectivity index (χ3v) is 2.82. The van der Waals surface area contributed by atoms with E-state index in [1.54, 1.807) is 7.05 Å². The Labute approximate surface area is 89.9 Å². The van der Waals surface area contributed by atoms with E-state index in [1.807, 2.05) is 4.57 Å². The van der Waals surface area contributed by atoms with Crippen LogP contribution in [0.2, 0.25) is 0 Å². The van der Waals surface area contributed by atoms with E-state index in [4.69, 9.17) is 0 Å². The molecule has 0 unspecified atom stereocenters. The Morgan fingerprint density at radius 3 is 2.47 bits per heavy atom. The summed E-state index contributed by atoms with van der Waals surface area (Å²) in [5.41, 5.74) is -0.0400. The molecule has 1 aromatic rings. The zero-order valence-corrected chi connectivity index (χ0v) is 9.95. The summed E-state index contributed by atoms with van der Waals surface area (Å²) in [7, 11) is 1.72. The molecule has 0 saturated heterocycles. The number of nitrogens with zero attached hydrogens (tertiary/aromatic N) is 3. The largest absolute Gasteiger partial charge is 0.345 e. The van der Waals surface area contributed by atoms with Gasteiger partial charge in [-0.2, -0.15) is 5.10 Å². The number of hydrogen-bond donors (Lipinski definition) is 0. The Balaban J connectivity index is 2.43. The van der Waals surface area contributed by atoms with E-state index in [0.29, 0.717) is 5.92 Å². The molecular formula is C11H19N3O. The molecular weight excluding hydrogens is 190 g/mol. The van der Waals surface area contributed by atoms with Crippen molar-refractivity contribution in [3.05, 3.63) is 16.3 Å². The Hall–Kier alpha value is -1.06. The first-order chi connectivity index (χ1) is 6.89. The van der Waals surface area contributed by atoms with Gasteiger partial charge >= 0.3 is 5.69 Å². The fraction of sp³-hybridized carbons (Fsp3) is 0.818. The van der Waals surface area contributed by atoms with E-state index in [2.05, 4.69) is 25.9 Å². The van der Waals surface area contributed by atoms with E-state index < -0.39 is 0 Å². The van der Waals surface area contributed by atoms with Gasteiger partial charge in [-0.1, -0.05) is 20.8 Å². The predicted molar refractivity (Wildman–Crippen MR) is 58.9 cm³/mol. The molecule has 1 saturated carbocycles. The third kappa shape index (κ3) is 1.98. The summed E-state index contributed by atoms with van der Waals surface area (Å²) in [6.07, 6.45) is 2.51. The first-order valence-corrected chi connectivity index (χ1v) is 5.54. The van der Waals surface area contributed by atoms with E-state index in [1.165, 1.54) is 17.5 Å². The Bertz CT molecular complexity index is 418. The van der Waals surface area contributed by atoms with Crippen molar-refractivity contribution < 1.29 is 0 Å². The van der Waals surface area contributed by atoms with E-state index >= 15 is 0 Å². The second kappa shape index (κ2) is 3.22. The Kier molecular flexibility index (Phi) is 2.24. The number of rotatable bonds is 2. The summed E-state index contributed by atoms with van der Waals surface area (Å²) in [6, 6.07) is 0. The van der Waals surface area contributed by atoms with E-state index in [9.17, 15) is 4.79 Å². The molecule has 0 amide bonds. The lowest BCUT2D eigenvalue weighted by molar-refractivity contribution is 0.478. The van der Waals surface area contributed by atoms with Gasteiger partial charge in [-0.05, 0) is 18.8 Å². The molecule has 0 N–H and O–H groups in total. The molecule has 1 fully saturated rings. The molecule has 1 aromatic heterocycles. The minimum Gasteiger partial charge on any atom is -0.278 e. The predicted octanol–water partition coefficient (Wildman–Crippen LogP) is 1.29. The molecule has 0 bridgehead atoms. The normalized spacial score (nSPS) is 17.1. The van der Waals surface area contributed by atoms with Crippen LogP contribution in [0.4, 0.5) is 0 Å². The maximum atomic E-state index is 11.9. The van der Waals surface area contributed by atoms with Crippen molar-refractivity contribution >= 4 is 0 Å². The van der Waals surface area contributed by atoms with Crippen LogP contribution in [-0.4, -0.2) is 14.3 Å². The fourth-order valence-electron chi connectivity index (χ4n) is 1.78. The summed E-state index contributed by atoms with van der Waals surface area (Å²) in [5.74, 6) is 1.61. The van der Waals surface area contributed by atoms with E-state index in [-0.39, 0.29) is 11.1 Å². The van der Waals surface area contributed by atoms with Crippen LogP contribution >= 0.6 is 0 Å². The zero-order valence-electron chi connectivity index (χ0n) is 9.95. The highest BCUT2D eigenvalue weighted by molar-refractivity contribution is 5.02. The minimum absolute atomic E-state index is 0.0202. The van der Waals surface area contributed by atoms with Crippen molar-refractivity contribution in [2.45, 2.75) is 45.6 Å². The first kappa shape index (κ1) is 10.5. The van der Waals surface area contributed by atoms with Crippen LogP contribution in [0.3, 0.4) is 0 Å². The van der Waals surface area contributed by atoms with Gasteiger partial charge in [0.25, 0.3) is 0 Å². The van der Waals surface area contributed by atoms with Crippen LogP contribution in [0.25, 0.3) is 0 Å². The summed E-state index contributed by atoms with van der Waals surface area (Å²) < 4.78 is 3.29. The molecule has 1 aliphatic rings. The SMILES string of the molecule is Cn1nc(C(C)(C)C)n(CC2CC2)c1=O. The van der Waals surface area contributed by atoms with Crippen molar-refractivity contribution in [1.82, 2.24) is 14.3 Å². The summed E-state index contributed by atoms with van der Waals surface area (Å²) in [4.78, 5) is 11.9. The highest BCUT2D eigenvalue weighted by Gasteiger charge is 2.28. The Morgan fingerprint density at radius 2 is 2.00 bits per heavy atom. The maximum Gasteiger partial charge on any atom is 0.345 e. The van der Waals surface area contributed by atoms with Gasteiger partial charge in [-0.3, -0.25) is 4.57 Å². The molecule has 2 rings (SSSR count). The van der Waals surface area contributed by atoms with Gasteiger partial charge in [0, 0.05) is 19.0 Å². The maximum absolute atomic E-state index is 11.9. The molecule has 0 aromatic carbocycles. The quantitative estimate of drug-likeness (QED) is 0.736. The second-order valence-electron chi connectivity index (χ2n) is 5.53. The van der Waals surface area contributed by atoms with Crippen molar-refractivity contribution in [1.29, 1.82) is 0 Å². The molecule has 0 radical (unpaired) electrons. The average molecular weight is 209 g/mol. The fourth-order valence-corrected chi connectivity index (χ4v) is 1.78. The third-order valence-electron chi connectivity index (χ3n) is 2.82. The van der Waals surface area contributed by atoms with Gasteiger partial charge in [0.05, 0.1) is 0 Å². The van der Waals surface area contributed by atoms with Crippen LogP contribution in [-0.2, 0) is 19.0 Å². The van der Waals surface area contributed by atoms with Crippen LogP contribution in [0.1, 0.15) is 39.4 Å². The zero-order chi connectivity index (χ0) is 11.2. The summed E-state index contributed by atoms with van der Waals surface area (Å²) >= 11 is 0. The smallest absolute Gasteiger partial charge is 0.278 e. The lowest BCUT2D eigenvalue weighted by Crippen LogP contribution is -2.27. The molecule has 1 heterocycles. The highest BCUT2D eigenvalue weighted by Crippen LogP contribution is 2.31. The van der Waals surface area contributed by atoms with Crippen LogP contribution in [0, 0.1) is 5.92 Å². The number of aromatic nitrogens is 3. The van der Waals surface area contributed by atoms with Gasteiger partial charge in [-0.25, -0.2) is 9.48 Å². The molecule has 0 spiro atoms. The lowest BCUT2D eigenvalue weighted by Gasteiger charge is -2.17. The van der Waals surface area contributed by atoms with Gasteiger partial charge in [0.1, 0.15) is 5.82 Å². The minimum atomic E-state index is -0.0602. The van der Waals surface area contributed by atoms with Gasteiger partial charge in [-0.15, -0.1) is 0 Å². The van der Waals surface area contributed by atoms with Crippen molar-refractivity contribution in [2.75, 3.05) is 0 Å². The summed E-state index contributed by atoms with van der Waals surface area (Å²) in [6.45, 7) is 7.13.